The van der Waals surface area contributed by atoms with Crippen molar-refractivity contribution < 1.29 is 0 Å². The Labute approximate surface area is 302 Å². The molecular weight excluding hydrogens is 639 g/mol. The molecule has 3 aliphatic rings. The summed E-state index contributed by atoms with van der Waals surface area (Å²) in [6.45, 7) is 9.27. The molecule has 2 heterocycles. The van der Waals surface area contributed by atoms with Gasteiger partial charge in [-0.2, -0.15) is 0 Å². The number of allylic oxidation sites excluding steroid dienone is 2. The van der Waals surface area contributed by atoms with Crippen LogP contribution < -0.4 is 0 Å². The summed E-state index contributed by atoms with van der Waals surface area (Å²) in [4.78, 5) is 17.7. The summed E-state index contributed by atoms with van der Waals surface area (Å²) in [5.74, 6) is 1.99. The van der Waals surface area contributed by atoms with E-state index < -0.39 is 0 Å². The quantitative estimate of drug-likeness (QED) is 0.187. The van der Waals surface area contributed by atoms with Crippen molar-refractivity contribution in [2.75, 3.05) is 0 Å². The molecule has 0 spiro atoms. The zero-order valence-corrected chi connectivity index (χ0v) is 29.8. The van der Waals surface area contributed by atoms with Crippen LogP contribution in [0.4, 0.5) is 0 Å². The lowest BCUT2D eigenvalue weighted by Crippen LogP contribution is -2.11. The monoisotopic (exact) mass is 673 g/mol. The smallest absolute Gasteiger partial charge is 0.164 e. The first-order valence-electron chi connectivity index (χ1n) is 17.6. The Bertz CT molecular complexity index is 2590. The molecule has 3 nitrogen and oxygen atoms in total. The van der Waals surface area contributed by atoms with Crippen LogP contribution in [0, 0.1) is 0 Å². The van der Waals surface area contributed by atoms with E-state index in [0.717, 1.165) is 22.1 Å². The summed E-state index contributed by atoms with van der Waals surface area (Å²) in [5, 5.41) is 2.39. The molecule has 0 atom stereocenters. The minimum Gasteiger partial charge on any atom is -0.208 e. The Morgan fingerprint density at radius 1 is 0.471 bits per heavy atom. The first-order valence-corrected chi connectivity index (χ1v) is 18.4. The van der Waals surface area contributed by atoms with E-state index >= 15 is 0 Å². The van der Waals surface area contributed by atoms with E-state index in [9.17, 15) is 0 Å². The number of aromatic nitrogens is 3. The molecule has 0 saturated heterocycles. The number of benzene rings is 6. The number of nitrogens with zero attached hydrogens (tertiary/aromatic N) is 3. The Morgan fingerprint density at radius 3 is 1.57 bits per heavy atom. The van der Waals surface area contributed by atoms with Crippen molar-refractivity contribution in [1.29, 1.82) is 0 Å². The average molecular weight is 674 g/mol. The summed E-state index contributed by atoms with van der Waals surface area (Å²) in [5.41, 5.74) is 13.5. The molecule has 4 heteroatoms. The van der Waals surface area contributed by atoms with Crippen molar-refractivity contribution in [2.45, 2.75) is 48.3 Å². The molecule has 0 radical (unpaired) electrons. The Kier molecular flexibility index (Phi) is 6.50. The molecule has 51 heavy (non-hydrogen) atoms. The average Bonchev–Trinajstić information content (AvgIpc) is 3.59. The number of hydrogen-bond donors (Lipinski definition) is 0. The predicted octanol–water partition coefficient (Wildman–Crippen LogP) is 12.4. The van der Waals surface area contributed by atoms with E-state index in [2.05, 4.69) is 131 Å². The van der Waals surface area contributed by atoms with Crippen LogP contribution in [0.1, 0.15) is 49.9 Å². The molecule has 0 N–H and O–H groups in total. The minimum absolute atomic E-state index is 0.00117. The SMILES string of the molecule is CC1(C)C=Cc2c1ccc1c2Sc2c(ccc3c2C=CC3(C)C)-c2c-1ccc1cc(-c3nc(-c4ccccc4)nc(-c4ccccc4)n3)ccc21. The van der Waals surface area contributed by atoms with Gasteiger partial charge in [0, 0.05) is 37.3 Å². The van der Waals surface area contributed by atoms with Gasteiger partial charge in [-0.15, -0.1) is 0 Å². The summed E-state index contributed by atoms with van der Waals surface area (Å²) in [7, 11) is 0. The molecular formula is C47H35N3S. The number of fused-ring (bicyclic) bond motifs is 11. The fourth-order valence-corrected chi connectivity index (χ4v) is 9.42. The zero-order chi connectivity index (χ0) is 34.5. The van der Waals surface area contributed by atoms with Crippen LogP contribution in [0.15, 0.2) is 137 Å². The van der Waals surface area contributed by atoms with E-state index in [-0.39, 0.29) is 10.8 Å². The van der Waals surface area contributed by atoms with Gasteiger partial charge in [0.25, 0.3) is 0 Å². The van der Waals surface area contributed by atoms with Gasteiger partial charge in [-0.05, 0) is 61.3 Å². The second-order valence-electron chi connectivity index (χ2n) is 15.0. The van der Waals surface area contributed by atoms with E-state index in [1.54, 1.807) is 0 Å². The predicted molar refractivity (Wildman–Crippen MR) is 213 cm³/mol. The van der Waals surface area contributed by atoms with Gasteiger partial charge in [-0.3, -0.25) is 0 Å². The lowest BCUT2D eigenvalue weighted by molar-refractivity contribution is 0.682. The van der Waals surface area contributed by atoms with E-state index in [1.807, 2.05) is 48.2 Å². The minimum atomic E-state index is -0.00117. The Hall–Kier alpha value is -5.58. The van der Waals surface area contributed by atoms with E-state index in [4.69, 9.17) is 15.0 Å². The van der Waals surface area contributed by atoms with Crippen LogP contribution in [0.5, 0.6) is 0 Å². The lowest BCUT2D eigenvalue weighted by Gasteiger charge is -2.21. The molecule has 0 saturated carbocycles. The second kappa shape index (κ2) is 11.0. The van der Waals surface area contributed by atoms with Crippen LogP contribution in [-0.2, 0) is 10.8 Å². The molecule has 2 aliphatic carbocycles. The molecule has 244 valence electrons. The molecule has 0 bridgehead atoms. The largest absolute Gasteiger partial charge is 0.208 e. The first-order chi connectivity index (χ1) is 24.7. The van der Waals surface area contributed by atoms with Crippen molar-refractivity contribution in [3.05, 3.63) is 150 Å². The third kappa shape index (κ3) is 4.70. The topological polar surface area (TPSA) is 38.7 Å². The summed E-state index contributed by atoms with van der Waals surface area (Å²) >= 11 is 1.95. The highest BCUT2D eigenvalue weighted by Crippen LogP contribution is 2.57. The van der Waals surface area contributed by atoms with Crippen LogP contribution in [0.25, 0.3) is 79.3 Å². The van der Waals surface area contributed by atoms with Gasteiger partial charge in [0.1, 0.15) is 0 Å². The maximum atomic E-state index is 5.03. The molecule has 7 aromatic rings. The van der Waals surface area contributed by atoms with Crippen molar-refractivity contribution >= 4 is 34.7 Å². The molecule has 1 aliphatic heterocycles. The third-order valence-electron chi connectivity index (χ3n) is 10.9. The third-order valence-corrected chi connectivity index (χ3v) is 12.1. The van der Waals surface area contributed by atoms with E-state index in [0.29, 0.717) is 17.5 Å². The van der Waals surface area contributed by atoms with Crippen molar-refractivity contribution in [2.24, 2.45) is 0 Å². The number of rotatable bonds is 3. The van der Waals surface area contributed by atoms with Gasteiger partial charge >= 0.3 is 0 Å². The van der Waals surface area contributed by atoms with Gasteiger partial charge in [-0.25, -0.2) is 15.0 Å². The van der Waals surface area contributed by atoms with Crippen molar-refractivity contribution in [3.8, 4) is 56.4 Å². The second-order valence-corrected chi connectivity index (χ2v) is 16.0. The summed E-state index contributed by atoms with van der Waals surface area (Å²) in [6, 6.07) is 41.1. The number of hydrogen-bond acceptors (Lipinski definition) is 4. The van der Waals surface area contributed by atoms with Crippen molar-refractivity contribution in [3.63, 3.8) is 0 Å². The van der Waals surface area contributed by atoms with Crippen LogP contribution in [-0.4, -0.2) is 15.0 Å². The molecule has 6 aromatic carbocycles. The normalized spacial score (nSPS) is 15.5. The molecule has 0 amide bonds. The Morgan fingerprint density at radius 2 is 0.980 bits per heavy atom. The van der Waals surface area contributed by atoms with Gasteiger partial charge < -0.3 is 0 Å². The molecule has 1 aromatic heterocycles. The maximum Gasteiger partial charge on any atom is 0.164 e. The highest BCUT2D eigenvalue weighted by atomic mass is 32.2. The lowest BCUT2D eigenvalue weighted by atomic mass is 9.83. The fraction of sp³-hybridized carbons (Fsp3) is 0.128. The van der Waals surface area contributed by atoms with E-state index in [1.165, 1.54) is 59.7 Å². The molecule has 0 unspecified atom stereocenters. The van der Waals surface area contributed by atoms with Gasteiger partial charge in [0.2, 0.25) is 0 Å². The van der Waals surface area contributed by atoms with Crippen LogP contribution >= 0.6 is 11.8 Å². The fourth-order valence-electron chi connectivity index (χ4n) is 8.07. The molecule has 0 fully saturated rings. The standard InChI is InChI=1S/C47H35N3S/c1-46(2)25-23-35-38(46)21-19-34-33-18-15-30-27-31(45-49-43(28-11-7-5-8-12-28)48-44(50-45)29-13-9-6-10-14-29)16-17-32(30)40(33)37-20-22-39-36(24-26-47(39,3)4)42(37)51-41(34)35/h5-27H,1-4H3. The van der Waals surface area contributed by atoms with Gasteiger partial charge in [0.15, 0.2) is 17.5 Å². The highest BCUT2D eigenvalue weighted by Gasteiger charge is 2.34. The van der Waals surface area contributed by atoms with Gasteiger partial charge in [0.05, 0.1) is 0 Å². The maximum absolute atomic E-state index is 5.03. The van der Waals surface area contributed by atoms with Gasteiger partial charge in [-0.1, -0.05) is 173 Å². The first kappa shape index (κ1) is 30.3. The van der Waals surface area contributed by atoms with Crippen LogP contribution in [0.2, 0.25) is 0 Å². The zero-order valence-electron chi connectivity index (χ0n) is 29.0. The van der Waals surface area contributed by atoms with Crippen molar-refractivity contribution in [1.82, 2.24) is 15.0 Å². The highest BCUT2D eigenvalue weighted by molar-refractivity contribution is 7.99. The summed E-state index contributed by atoms with van der Waals surface area (Å²) < 4.78 is 0. The van der Waals surface area contributed by atoms with Crippen LogP contribution in [0.3, 0.4) is 0 Å². The molecule has 10 rings (SSSR count). The Balaban J connectivity index is 1.21. The summed E-state index contributed by atoms with van der Waals surface area (Å²) in [6.07, 6.45) is 9.43.